The standard InChI is InChI=1S/C11H6Cl4N2/c12-8-3-1-6(10(14)16-8)5-7-2-4-9(13)17-11(7)15/h1-4H,5H2. The van der Waals surface area contributed by atoms with E-state index in [9.17, 15) is 0 Å². The summed E-state index contributed by atoms with van der Waals surface area (Å²) in [6.07, 6.45) is 0.534. The molecule has 0 saturated carbocycles. The topological polar surface area (TPSA) is 25.8 Å². The summed E-state index contributed by atoms with van der Waals surface area (Å²) in [5.41, 5.74) is 1.67. The van der Waals surface area contributed by atoms with Crippen molar-refractivity contribution in [2.24, 2.45) is 0 Å². The molecule has 0 bridgehead atoms. The van der Waals surface area contributed by atoms with Crippen LogP contribution in [0.4, 0.5) is 0 Å². The van der Waals surface area contributed by atoms with Crippen molar-refractivity contribution >= 4 is 46.4 Å². The van der Waals surface area contributed by atoms with Gasteiger partial charge in [-0.05, 0) is 23.3 Å². The minimum Gasteiger partial charge on any atom is -0.224 e. The van der Waals surface area contributed by atoms with Gasteiger partial charge in [0, 0.05) is 6.42 Å². The van der Waals surface area contributed by atoms with Gasteiger partial charge in [0.2, 0.25) is 0 Å². The van der Waals surface area contributed by atoms with Crippen LogP contribution in [0.5, 0.6) is 0 Å². The summed E-state index contributed by atoms with van der Waals surface area (Å²) >= 11 is 23.4. The van der Waals surface area contributed by atoms with Crippen LogP contribution >= 0.6 is 46.4 Å². The molecule has 2 rings (SSSR count). The van der Waals surface area contributed by atoms with E-state index < -0.39 is 0 Å². The zero-order valence-corrected chi connectivity index (χ0v) is 11.4. The van der Waals surface area contributed by atoms with Gasteiger partial charge < -0.3 is 0 Å². The summed E-state index contributed by atoms with van der Waals surface area (Å²) in [5, 5.41) is 1.45. The molecule has 2 aromatic heterocycles. The SMILES string of the molecule is Clc1ccc(Cc2ccc(Cl)nc2Cl)c(Cl)n1. The van der Waals surface area contributed by atoms with Gasteiger partial charge in [0.1, 0.15) is 20.6 Å². The highest BCUT2D eigenvalue weighted by molar-refractivity contribution is 6.33. The highest BCUT2D eigenvalue weighted by Crippen LogP contribution is 2.24. The zero-order valence-electron chi connectivity index (χ0n) is 8.42. The Morgan fingerprint density at radius 2 is 1.12 bits per heavy atom. The lowest BCUT2D eigenvalue weighted by Gasteiger charge is -2.05. The Balaban J connectivity index is 2.31. The first-order valence-corrected chi connectivity index (χ1v) is 6.19. The maximum Gasteiger partial charge on any atom is 0.134 e. The van der Waals surface area contributed by atoms with Crippen molar-refractivity contribution in [2.45, 2.75) is 6.42 Å². The maximum atomic E-state index is 5.98. The van der Waals surface area contributed by atoms with Crippen molar-refractivity contribution in [1.82, 2.24) is 9.97 Å². The molecule has 88 valence electrons. The van der Waals surface area contributed by atoms with Gasteiger partial charge in [-0.25, -0.2) is 9.97 Å². The average molecular weight is 308 g/mol. The van der Waals surface area contributed by atoms with Crippen molar-refractivity contribution in [1.29, 1.82) is 0 Å². The van der Waals surface area contributed by atoms with Crippen LogP contribution in [-0.4, -0.2) is 9.97 Å². The van der Waals surface area contributed by atoms with Gasteiger partial charge in [0.25, 0.3) is 0 Å². The summed E-state index contributed by atoms with van der Waals surface area (Å²) in [7, 11) is 0. The number of aromatic nitrogens is 2. The van der Waals surface area contributed by atoms with E-state index in [0.29, 0.717) is 27.0 Å². The average Bonchev–Trinajstić information content (AvgIpc) is 2.25. The van der Waals surface area contributed by atoms with Gasteiger partial charge in [-0.2, -0.15) is 0 Å². The lowest BCUT2D eigenvalue weighted by atomic mass is 10.1. The molecule has 0 radical (unpaired) electrons. The molecule has 0 N–H and O–H groups in total. The third kappa shape index (κ3) is 3.23. The van der Waals surface area contributed by atoms with E-state index in [0.717, 1.165) is 11.1 Å². The Labute approximate surface area is 119 Å². The number of hydrogen-bond acceptors (Lipinski definition) is 2. The molecule has 6 heteroatoms. The number of pyridine rings is 2. The maximum absolute atomic E-state index is 5.98. The van der Waals surface area contributed by atoms with Crippen LogP contribution in [-0.2, 0) is 6.42 Å². The van der Waals surface area contributed by atoms with Crippen LogP contribution in [0.2, 0.25) is 20.6 Å². The number of halogens is 4. The molecule has 0 amide bonds. The van der Waals surface area contributed by atoms with Gasteiger partial charge in [-0.15, -0.1) is 0 Å². The van der Waals surface area contributed by atoms with E-state index in [4.69, 9.17) is 46.4 Å². The molecule has 0 atom stereocenters. The van der Waals surface area contributed by atoms with Gasteiger partial charge in [0.15, 0.2) is 0 Å². The second-order valence-electron chi connectivity index (χ2n) is 3.34. The van der Waals surface area contributed by atoms with Crippen LogP contribution in [0.1, 0.15) is 11.1 Å². The van der Waals surface area contributed by atoms with Crippen LogP contribution in [0.3, 0.4) is 0 Å². The monoisotopic (exact) mass is 306 g/mol. The van der Waals surface area contributed by atoms with Gasteiger partial charge in [0.05, 0.1) is 0 Å². The van der Waals surface area contributed by atoms with E-state index in [1.54, 1.807) is 12.1 Å². The summed E-state index contributed by atoms with van der Waals surface area (Å²) < 4.78 is 0. The molecule has 0 aliphatic rings. The van der Waals surface area contributed by atoms with Crippen LogP contribution in [0.25, 0.3) is 0 Å². The van der Waals surface area contributed by atoms with Crippen molar-refractivity contribution in [3.05, 3.63) is 56.0 Å². The Morgan fingerprint density at radius 3 is 1.47 bits per heavy atom. The predicted molar refractivity (Wildman–Crippen MR) is 71.3 cm³/mol. The van der Waals surface area contributed by atoms with E-state index in [1.807, 2.05) is 12.1 Å². The van der Waals surface area contributed by atoms with Crippen LogP contribution in [0, 0.1) is 0 Å². The first-order valence-electron chi connectivity index (χ1n) is 4.68. The molecule has 0 saturated heterocycles. The van der Waals surface area contributed by atoms with E-state index >= 15 is 0 Å². The molecule has 0 unspecified atom stereocenters. The molecule has 0 spiro atoms. The highest BCUT2D eigenvalue weighted by Gasteiger charge is 2.08. The number of nitrogens with zero attached hydrogens (tertiary/aromatic N) is 2. The largest absolute Gasteiger partial charge is 0.224 e. The van der Waals surface area contributed by atoms with Crippen LogP contribution < -0.4 is 0 Å². The van der Waals surface area contributed by atoms with E-state index in [1.165, 1.54) is 0 Å². The predicted octanol–water partition coefficient (Wildman–Crippen LogP) is 4.68. The molecule has 0 aromatic carbocycles. The first-order chi connectivity index (χ1) is 8.06. The van der Waals surface area contributed by atoms with Crippen molar-refractivity contribution in [3.63, 3.8) is 0 Å². The van der Waals surface area contributed by atoms with Crippen molar-refractivity contribution < 1.29 is 0 Å². The number of hydrogen-bond donors (Lipinski definition) is 0. The Kier molecular flexibility index (Phi) is 4.10. The summed E-state index contributed by atoms with van der Waals surface area (Å²) in [6.45, 7) is 0. The molecule has 0 aliphatic carbocycles. The summed E-state index contributed by atoms with van der Waals surface area (Å²) in [4.78, 5) is 7.92. The van der Waals surface area contributed by atoms with Gasteiger partial charge >= 0.3 is 0 Å². The fourth-order valence-corrected chi connectivity index (χ4v) is 2.17. The first kappa shape index (κ1) is 12.9. The lowest BCUT2D eigenvalue weighted by Crippen LogP contribution is -1.94. The van der Waals surface area contributed by atoms with Crippen LogP contribution in [0.15, 0.2) is 24.3 Å². The molecular weight excluding hydrogens is 302 g/mol. The molecule has 2 heterocycles. The molecule has 2 aromatic rings. The third-order valence-corrected chi connectivity index (χ3v) is 3.24. The minimum absolute atomic E-state index is 0.360. The zero-order chi connectivity index (χ0) is 12.4. The molecule has 2 nitrogen and oxygen atoms in total. The molecule has 17 heavy (non-hydrogen) atoms. The Hall–Kier alpha value is -0.540. The highest BCUT2D eigenvalue weighted by atomic mass is 35.5. The summed E-state index contributed by atoms with van der Waals surface area (Å²) in [5.74, 6) is 0. The van der Waals surface area contributed by atoms with E-state index in [-0.39, 0.29) is 0 Å². The minimum atomic E-state index is 0.360. The van der Waals surface area contributed by atoms with Crippen molar-refractivity contribution in [2.75, 3.05) is 0 Å². The normalized spacial score (nSPS) is 10.6. The number of rotatable bonds is 2. The smallest absolute Gasteiger partial charge is 0.134 e. The molecular formula is C11H6Cl4N2. The Bertz CT molecular complexity index is 508. The van der Waals surface area contributed by atoms with Gasteiger partial charge in [-0.3, -0.25) is 0 Å². The second-order valence-corrected chi connectivity index (χ2v) is 4.84. The van der Waals surface area contributed by atoms with Crippen molar-refractivity contribution in [3.8, 4) is 0 Å². The van der Waals surface area contributed by atoms with E-state index in [2.05, 4.69) is 9.97 Å². The Morgan fingerprint density at radius 1 is 0.706 bits per heavy atom. The molecule has 0 fully saturated rings. The third-order valence-electron chi connectivity index (χ3n) is 2.16. The second kappa shape index (κ2) is 5.40. The fourth-order valence-electron chi connectivity index (χ4n) is 1.35. The lowest BCUT2D eigenvalue weighted by molar-refractivity contribution is 1.12. The quantitative estimate of drug-likeness (QED) is 0.753. The van der Waals surface area contributed by atoms with Gasteiger partial charge in [-0.1, -0.05) is 58.5 Å². The fraction of sp³-hybridized carbons (Fsp3) is 0.0909. The summed E-state index contributed by atoms with van der Waals surface area (Å²) in [6, 6.07) is 6.98. The molecule has 0 aliphatic heterocycles.